The minimum atomic E-state index is -0.231. The van der Waals surface area contributed by atoms with Crippen molar-refractivity contribution in [3.63, 3.8) is 0 Å². The van der Waals surface area contributed by atoms with Crippen molar-refractivity contribution < 1.29 is 4.39 Å². The van der Waals surface area contributed by atoms with Gasteiger partial charge >= 0.3 is 0 Å². The lowest BCUT2D eigenvalue weighted by Crippen LogP contribution is -2.14. The van der Waals surface area contributed by atoms with Gasteiger partial charge in [-0.1, -0.05) is 30.3 Å². The van der Waals surface area contributed by atoms with Crippen LogP contribution in [-0.4, -0.2) is 11.9 Å². The molecule has 2 aromatic carbocycles. The molecule has 0 aliphatic heterocycles. The normalized spacial score (nSPS) is 15.3. The number of aliphatic imine (C=N–C) groups is 1. The summed E-state index contributed by atoms with van der Waals surface area (Å²) in [4.78, 5) is 4.69. The molecule has 19 heavy (non-hydrogen) atoms. The van der Waals surface area contributed by atoms with Crippen LogP contribution in [0.3, 0.4) is 0 Å². The molecule has 0 bridgehead atoms. The van der Waals surface area contributed by atoms with E-state index in [0.29, 0.717) is 6.04 Å². The van der Waals surface area contributed by atoms with Gasteiger partial charge in [-0.3, -0.25) is 4.99 Å². The molecule has 1 fully saturated rings. The zero-order chi connectivity index (χ0) is 13.1. The van der Waals surface area contributed by atoms with Crippen molar-refractivity contribution >= 4 is 11.5 Å². The van der Waals surface area contributed by atoms with Crippen LogP contribution in [0.2, 0.25) is 0 Å². The van der Waals surface area contributed by atoms with Gasteiger partial charge in [-0.2, -0.15) is 0 Å². The van der Waals surface area contributed by atoms with Gasteiger partial charge in [0, 0.05) is 11.3 Å². The van der Waals surface area contributed by atoms with Crippen LogP contribution in [0.25, 0.3) is 0 Å². The topological polar surface area (TPSA) is 24.4 Å². The van der Waals surface area contributed by atoms with Gasteiger partial charge in [0.25, 0.3) is 0 Å². The van der Waals surface area contributed by atoms with Gasteiger partial charge in [-0.05, 0) is 37.1 Å². The fraction of sp³-hybridized carbons (Fsp3) is 0.188. The highest BCUT2D eigenvalue weighted by atomic mass is 19.1. The molecule has 1 saturated carbocycles. The third-order valence-electron chi connectivity index (χ3n) is 3.01. The van der Waals surface area contributed by atoms with Crippen molar-refractivity contribution in [1.29, 1.82) is 0 Å². The lowest BCUT2D eigenvalue weighted by atomic mass is 10.2. The van der Waals surface area contributed by atoms with Crippen molar-refractivity contribution in [2.45, 2.75) is 18.9 Å². The van der Waals surface area contributed by atoms with Gasteiger partial charge in [0.05, 0.1) is 6.04 Å². The van der Waals surface area contributed by atoms with Crippen molar-refractivity contribution in [2.24, 2.45) is 4.99 Å². The van der Waals surface area contributed by atoms with Gasteiger partial charge in [0.15, 0.2) is 0 Å². The summed E-state index contributed by atoms with van der Waals surface area (Å²) in [6.45, 7) is 0. The van der Waals surface area contributed by atoms with Crippen LogP contribution in [0.5, 0.6) is 0 Å². The molecule has 2 aromatic rings. The van der Waals surface area contributed by atoms with Crippen LogP contribution < -0.4 is 5.32 Å². The minimum Gasteiger partial charge on any atom is -0.340 e. The highest BCUT2D eigenvalue weighted by molar-refractivity contribution is 6.08. The maximum absolute atomic E-state index is 12.9. The molecular formula is C16H15FN2. The molecule has 1 aliphatic rings. The predicted octanol–water partition coefficient (Wildman–Crippen LogP) is 3.85. The Morgan fingerprint density at radius 3 is 2.32 bits per heavy atom. The molecule has 3 rings (SSSR count). The van der Waals surface area contributed by atoms with E-state index >= 15 is 0 Å². The second kappa shape index (κ2) is 5.22. The molecule has 0 aromatic heterocycles. The smallest absolute Gasteiger partial charge is 0.133 e. The van der Waals surface area contributed by atoms with Gasteiger partial charge in [-0.25, -0.2) is 4.39 Å². The summed E-state index contributed by atoms with van der Waals surface area (Å²) < 4.78 is 12.9. The zero-order valence-corrected chi connectivity index (χ0v) is 10.5. The number of halogens is 1. The molecule has 0 saturated heterocycles. The van der Waals surface area contributed by atoms with E-state index < -0.39 is 0 Å². The number of benzene rings is 2. The van der Waals surface area contributed by atoms with Crippen LogP contribution in [0.1, 0.15) is 18.4 Å². The van der Waals surface area contributed by atoms with Gasteiger partial charge in [0.1, 0.15) is 11.7 Å². The molecule has 96 valence electrons. The Bertz CT molecular complexity index is 571. The second-order valence-corrected chi connectivity index (χ2v) is 4.71. The first kappa shape index (κ1) is 11.9. The quantitative estimate of drug-likeness (QED) is 0.653. The Kier molecular flexibility index (Phi) is 3.27. The molecule has 0 spiro atoms. The van der Waals surface area contributed by atoms with E-state index in [1.54, 1.807) is 12.1 Å². The molecular weight excluding hydrogens is 239 g/mol. The fourth-order valence-corrected chi connectivity index (χ4v) is 1.83. The molecule has 1 aliphatic carbocycles. The fourth-order valence-electron chi connectivity index (χ4n) is 1.83. The molecule has 2 nitrogen and oxygen atoms in total. The third-order valence-corrected chi connectivity index (χ3v) is 3.01. The van der Waals surface area contributed by atoms with E-state index in [9.17, 15) is 4.39 Å². The lowest BCUT2D eigenvalue weighted by Gasteiger charge is -2.10. The Morgan fingerprint density at radius 2 is 1.68 bits per heavy atom. The van der Waals surface area contributed by atoms with E-state index in [-0.39, 0.29) is 5.82 Å². The highest BCUT2D eigenvalue weighted by Crippen LogP contribution is 2.25. The Morgan fingerprint density at radius 1 is 1.00 bits per heavy atom. The van der Waals surface area contributed by atoms with Crippen molar-refractivity contribution in [2.75, 3.05) is 5.32 Å². The maximum atomic E-state index is 12.9. The summed E-state index contributed by atoms with van der Waals surface area (Å²) in [5.41, 5.74) is 1.91. The van der Waals surface area contributed by atoms with Crippen LogP contribution in [-0.2, 0) is 0 Å². The molecule has 1 N–H and O–H groups in total. The Hall–Kier alpha value is -2.16. The van der Waals surface area contributed by atoms with E-state index in [1.807, 2.05) is 30.3 Å². The standard InChI is InChI=1S/C16H15FN2/c17-13-6-8-14(9-7-13)18-16(19-15-10-11-15)12-4-2-1-3-5-12/h1-9,15H,10-11H2,(H,18,19). The molecule has 0 unspecified atom stereocenters. The number of nitrogens with zero attached hydrogens (tertiary/aromatic N) is 1. The zero-order valence-electron chi connectivity index (χ0n) is 10.5. The van der Waals surface area contributed by atoms with Gasteiger partial charge < -0.3 is 5.32 Å². The number of hydrogen-bond acceptors (Lipinski definition) is 1. The van der Waals surface area contributed by atoms with Crippen molar-refractivity contribution in [3.05, 3.63) is 66.0 Å². The number of anilines is 1. The van der Waals surface area contributed by atoms with Crippen LogP contribution >= 0.6 is 0 Å². The summed E-state index contributed by atoms with van der Waals surface area (Å²) in [6, 6.07) is 16.8. The lowest BCUT2D eigenvalue weighted by molar-refractivity contribution is 0.628. The first-order valence-electron chi connectivity index (χ1n) is 6.47. The van der Waals surface area contributed by atoms with E-state index in [0.717, 1.165) is 29.9 Å². The van der Waals surface area contributed by atoms with E-state index in [2.05, 4.69) is 10.3 Å². The molecule has 0 amide bonds. The average molecular weight is 254 g/mol. The molecule has 3 heteroatoms. The summed E-state index contributed by atoms with van der Waals surface area (Å²) in [7, 11) is 0. The molecule has 0 radical (unpaired) electrons. The monoisotopic (exact) mass is 254 g/mol. The Labute approximate surface area is 112 Å². The highest BCUT2D eigenvalue weighted by Gasteiger charge is 2.21. The summed E-state index contributed by atoms with van der Waals surface area (Å²) in [5.74, 6) is 0.626. The Balaban J connectivity index is 1.86. The largest absolute Gasteiger partial charge is 0.340 e. The van der Waals surface area contributed by atoms with Crippen LogP contribution in [0.15, 0.2) is 59.6 Å². The van der Waals surface area contributed by atoms with Crippen molar-refractivity contribution in [1.82, 2.24) is 0 Å². The first-order valence-corrected chi connectivity index (χ1v) is 6.47. The van der Waals surface area contributed by atoms with Gasteiger partial charge in [-0.15, -0.1) is 0 Å². The van der Waals surface area contributed by atoms with Crippen LogP contribution in [0, 0.1) is 5.82 Å². The summed E-state index contributed by atoms with van der Waals surface area (Å²) >= 11 is 0. The molecule has 0 atom stereocenters. The van der Waals surface area contributed by atoms with E-state index in [1.165, 1.54) is 12.1 Å². The number of amidine groups is 1. The third kappa shape index (κ3) is 3.19. The summed E-state index contributed by atoms with van der Waals surface area (Å²) in [5, 5.41) is 3.28. The first-order chi connectivity index (χ1) is 9.31. The maximum Gasteiger partial charge on any atom is 0.133 e. The summed E-state index contributed by atoms with van der Waals surface area (Å²) in [6.07, 6.45) is 2.31. The predicted molar refractivity (Wildman–Crippen MR) is 76.0 cm³/mol. The van der Waals surface area contributed by atoms with Crippen molar-refractivity contribution in [3.8, 4) is 0 Å². The molecule has 0 heterocycles. The number of hydrogen-bond donors (Lipinski definition) is 1. The van der Waals surface area contributed by atoms with Gasteiger partial charge in [0.2, 0.25) is 0 Å². The number of nitrogens with one attached hydrogen (secondary N) is 1. The average Bonchev–Trinajstić information content (AvgIpc) is 3.26. The number of rotatable bonds is 3. The SMILES string of the molecule is Fc1ccc(NC(=NC2CC2)c2ccccc2)cc1. The second-order valence-electron chi connectivity index (χ2n) is 4.71. The van der Waals surface area contributed by atoms with Crippen LogP contribution in [0.4, 0.5) is 10.1 Å². The minimum absolute atomic E-state index is 0.231. The van der Waals surface area contributed by atoms with E-state index in [4.69, 9.17) is 0 Å².